The van der Waals surface area contributed by atoms with Gasteiger partial charge in [-0.25, -0.2) is 0 Å². The molecule has 0 aromatic heterocycles. The number of nitrogens with zero attached hydrogens (tertiary/aromatic N) is 1. The maximum Gasteiger partial charge on any atom is -0.000676 e. The predicted molar refractivity (Wildman–Crippen MR) is 60.2 cm³/mol. The van der Waals surface area contributed by atoms with E-state index in [1.54, 1.807) is 0 Å². The highest BCUT2D eigenvalue weighted by Crippen LogP contribution is 1.92. The maximum absolute atomic E-state index is 3.43. The fraction of sp³-hybridized carbons (Fsp3) is 1.00. The van der Waals surface area contributed by atoms with Gasteiger partial charge in [-0.2, -0.15) is 0 Å². The monoisotopic (exact) mass is 186 g/mol. The average molecular weight is 186 g/mol. The molecule has 0 atom stereocenters. The Morgan fingerprint density at radius 1 is 0.923 bits per heavy atom. The molecule has 1 N–H and O–H groups in total. The summed E-state index contributed by atoms with van der Waals surface area (Å²) < 4.78 is 0. The van der Waals surface area contributed by atoms with E-state index in [1.165, 1.54) is 52.0 Å². The molecule has 0 aromatic rings. The van der Waals surface area contributed by atoms with Crippen LogP contribution in [0.5, 0.6) is 0 Å². The molecule has 0 saturated heterocycles. The van der Waals surface area contributed by atoms with Crippen molar-refractivity contribution in [2.24, 2.45) is 0 Å². The lowest BCUT2D eigenvalue weighted by Crippen LogP contribution is -2.28. The van der Waals surface area contributed by atoms with Gasteiger partial charge in [0.2, 0.25) is 0 Å². The molecule has 0 radical (unpaired) electrons. The van der Waals surface area contributed by atoms with Crippen LogP contribution < -0.4 is 5.32 Å². The van der Waals surface area contributed by atoms with Gasteiger partial charge in [-0.05, 0) is 52.0 Å². The second-order valence-corrected chi connectivity index (χ2v) is 3.54. The lowest BCUT2D eigenvalue weighted by Gasteiger charge is -2.19. The van der Waals surface area contributed by atoms with Crippen LogP contribution in [0.25, 0.3) is 0 Å². The van der Waals surface area contributed by atoms with Crippen LogP contribution >= 0.6 is 0 Å². The van der Waals surface area contributed by atoms with Gasteiger partial charge in [0, 0.05) is 0 Å². The zero-order chi connectivity index (χ0) is 9.94. The Hall–Kier alpha value is -0.0800. The van der Waals surface area contributed by atoms with Crippen LogP contribution in [0.15, 0.2) is 0 Å². The molecule has 2 heteroatoms. The first-order valence-electron chi connectivity index (χ1n) is 5.78. The molecular weight excluding hydrogens is 160 g/mol. The summed E-state index contributed by atoms with van der Waals surface area (Å²) in [5.41, 5.74) is 0. The molecule has 0 aliphatic rings. The molecule has 0 saturated carbocycles. The molecule has 0 amide bonds. The molecule has 80 valence electrons. The Morgan fingerprint density at radius 3 is 2.23 bits per heavy atom. The normalized spacial score (nSPS) is 11.1. The molecule has 0 heterocycles. The van der Waals surface area contributed by atoms with E-state index in [1.807, 2.05) is 0 Å². The second kappa shape index (κ2) is 10.0. The quantitative estimate of drug-likeness (QED) is 0.555. The summed E-state index contributed by atoms with van der Waals surface area (Å²) in [6.45, 7) is 12.7. The second-order valence-electron chi connectivity index (χ2n) is 3.54. The van der Waals surface area contributed by atoms with Gasteiger partial charge < -0.3 is 10.2 Å². The van der Waals surface area contributed by atoms with E-state index in [9.17, 15) is 0 Å². The molecule has 0 unspecified atom stereocenters. The van der Waals surface area contributed by atoms with Crippen LogP contribution in [0.3, 0.4) is 0 Å². The topological polar surface area (TPSA) is 15.3 Å². The van der Waals surface area contributed by atoms with E-state index >= 15 is 0 Å². The highest BCUT2D eigenvalue weighted by Gasteiger charge is 1.98. The summed E-state index contributed by atoms with van der Waals surface area (Å²) in [5, 5.41) is 3.43. The van der Waals surface area contributed by atoms with Gasteiger partial charge in [0.15, 0.2) is 0 Å². The molecule has 0 rings (SSSR count). The first-order chi connectivity index (χ1) is 6.35. The van der Waals surface area contributed by atoms with E-state index < -0.39 is 0 Å². The van der Waals surface area contributed by atoms with E-state index in [0.717, 1.165) is 0 Å². The standard InChI is InChI=1S/C11H26N2/c1-4-8-12-9-7-11-13(6-3)10-5-2/h12H,4-11H2,1-3H3. The fourth-order valence-electron chi connectivity index (χ4n) is 1.47. The Kier molecular flexibility index (Phi) is 9.94. The molecule has 0 aromatic carbocycles. The summed E-state index contributed by atoms with van der Waals surface area (Å²) in [6.07, 6.45) is 3.80. The zero-order valence-electron chi connectivity index (χ0n) is 9.60. The highest BCUT2D eigenvalue weighted by atomic mass is 15.1. The molecule has 0 bridgehead atoms. The van der Waals surface area contributed by atoms with E-state index in [2.05, 4.69) is 31.0 Å². The maximum atomic E-state index is 3.43. The third-order valence-corrected chi connectivity index (χ3v) is 2.24. The molecule has 13 heavy (non-hydrogen) atoms. The van der Waals surface area contributed by atoms with E-state index in [0.29, 0.717) is 0 Å². The zero-order valence-corrected chi connectivity index (χ0v) is 9.60. The Morgan fingerprint density at radius 2 is 1.69 bits per heavy atom. The average Bonchev–Trinajstić information content (AvgIpc) is 2.16. The lowest BCUT2D eigenvalue weighted by atomic mass is 10.3. The van der Waals surface area contributed by atoms with Crippen LogP contribution in [0.2, 0.25) is 0 Å². The van der Waals surface area contributed by atoms with Gasteiger partial charge in [-0.15, -0.1) is 0 Å². The van der Waals surface area contributed by atoms with Crippen molar-refractivity contribution in [2.75, 3.05) is 32.7 Å². The summed E-state index contributed by atoms with van der Waals surface area (Å²) in [7, 11) is 0. The van der Waals surface area contributed by atoms with Crippen LogP contribution in [-0.4, -0.2) is 37.6 Å². The van der Waals surface area contributed by atoms with Crippen LogP contribution in [0.4, 0.5) is 0 Å². The van der Waals surface area contributed by atoms with Crippen LogP contribution in [0.1, 0.15) is 40.0 Å². The summed E-state index contributed by atoms with van der Waals surface area (Å²) in [5.74, 6) is 0. The fourth-order valence-corrected chi connectivity index (χ4v) is 1.47. The van der Waals surface area contributed by atoms with Crippen molar-refractivity contribution >= 4 is 0 Å². The van der Waals surface area contributed by atoms with Crippen molar-refractivity contribution in [3.8, 4) is 0 Å². The van der Waals surface area contributed by atoms with E-state index in [4.69, 9.17) is 0 Å². The van der Waals surface area contributed by atoms with Gasteiger partial charge in [0.1, 0.15) is 0 Å². The predicted octanol–water partition coefficient (Wildman–Crippen LogP) is 2.11. The Labute approximate surface area is 83.7 Å². The molecule has 0 aliphatic heterocycles. The molecule has 2 nitrogen and oxygen atoms in total. The minimum absolute atomic E-state index is 1.17. The minimum Gasteiger partial charge on any atom is -0.317 e. The van der Waals surface area contributed by atoms with E-state index in [-0.39, 0.29) is 0 Å². The van der Waals surface area contributed by atoms with Gasteiger partial charge in [-0.1, -0.05) is 20.8 Å². The Bertz CT molecular complexity index is 94.1. The molecule has 0 spiro atoms. The number of nitrogens with one attached hydrogen (secondary N) is 1. The Balaban J connectivity index is 3.17. The molecular formula is C11H26N2. The van der Waals surface area contributed by atoms with Crippen molar-refractivity contribution in [2.45, 2.75) is 40.0 Å². The number of hydrogen-bond donors (Lipinski definition) is 1. The first kappa shape index (κ1) is 12.9. The van der Waals surface area contributed by atoms with Crippen molar-refractivity contribution in [1.29, 1.82) is 0 Å². The third kappa shape index (κ3) is 8.26. The van der Waals surface area contributed by atoms with Crippen molar-refractivity contribution in [1.82, 2.24) is 10.2 Å². The largest absolute Gasteiger partial charge is 0.317 e. The lowest BCUT2D eigenvalue weighted by molar-refractivity contribution is 0.283. The summed E-state index contributed by atoms with van der Waals surface area (Å²) in [6, 6.07) is 0. The summed E-state index contributed by atoms with van der Waals surface area (Å²) in [4.78, 5) is 2.52. The number of rotatable bonds is 9. The van der Waals surface area contributed by atoms with Gasteiger partial charge in [0.05, 0.1) is 0 Å². The molecule has 0 aliphatic carbocycles. The first-order valence-corrected chi connectivity index (χ1v) is 5.78. The summed E-state index contributed by atoms with van der Waals surface area (Å²) >= 11 is 0. The third-order valence-electron chi connectivity index (χ3n) is 2.24. The minimum atomic E-state index is 1.17. The van der Waals surface area contributed by atoms with Gasteiger partial charge in [-0.3, -0.25) is 0 Å². The van der Waals surface area contributed by atoms with Gasteiger partial charge in [0.25, 0.3) is 0 Å². The smallest absolute Gasteiger partial charge is 0.000676 e. The van der Waals surface area contributed by atoms with Crippen molar-refractivity contribution < 1.29 is 0 Å². The van der Waals surface area contributed by atoms with Gasteiger partial charge >= 0.3 is 0 Å². The van der Waals surface area contributed by atoms with Crippen LogP contribution in [-0.2, 0) is 0 Å². The molecule has 0 fully saturated rings. The highest BCUT2D eigenvalue weighted by molar-refractivity contribution is 4.55. The van der Waals surface area contributed by atoms with Crippen molar-refractivity contribution in [3.05, 3.63) is 0 Å². The van der Waals surface area contributed by atoms with Crippen LogP contribution in [0, 0.1) is 0 Å². The SMILES string of the molecule is CCCNCCCN(CC)CCC. The van der Waals surface area contributed by atoms with Crippen molar-refractivity contribution in [3.63, 3.8) is 0 Å². The number of hydrogen-bond acceptors (Lipinski definition) is 2.